The van der Waals surface area contributed by atoms with E-state index >= 15 is 0 Å². The lowest BCUT2D eigenvalue weighted by atomic mass is 9.92. The lowest BCUT2D eigenvalue weighted by molar-refractivity contribution is 1.24. The lowest BCUT2D eigenvalue weighted by Crippen LogP contribution is -1.97. The number of nitrogens with zero attached hydrogens (tertiary/aromatic N) is 2. The van der Waals surface area contributed by atoms with Gasteiger partial charge in [-0.15, -0.1) is 0 Å². The number of hydrogen-bond donors (Lipinski definition) is 2. The van der Waals surface area contributed by atoms with Crippen LogP contribution >= 0.6 is 0 Å². The third-order valence-corrected chi connectivity index (χ3v) is 10.4. The summed E-state index contributed by atoms with van der Waals surface area (Å²) in [6.45, 7) is 19.7. The van der Waals surface area contributed by atoms with Crippen LogP contribution in [-0.4, -0.2) is 19.9 Å². The summed E-state index contributed by atoms with van der Waals surface area (Å²) in [6, 6.07) is 24.5. The zero-order valence-electron chi connectivity index (χ0n) is 31.1. The van der Waals surface area contributed by atoms with E-state index in [2.05, 4.69) is 163 Å². The first kappa shape index (κ1) is 32.5. The van der Waals surface area contributed by atoms with Crippen molar-refractivity contribution in [1.29, 1.82) is 0 Å². The maximum Gasteiger partial charge on any atom is 0.0738 e. The quantitative estimate of drug-likeness (QED) is 0.197. The van der Waals surface area contributed by atoms with E-state index in [0.717, 1.165) is 61.5 Å². The SMILES string of the molecule is Cc1cc(C)c(-c2c3nc(c(-c4c(C)cc(C)cc4C)c4ccc(cc5ccc([nH]5)c(-c5c(C)cc(C)cc5C)c5nc2C=C5)[nH]4)C=C3)c(C)c1. The van der Waals surface area contributed by atoms with Crippen LogP contribution in [0.4, 0.5) is 0 Å². The number of rotatable bonds is 3. The minimum atomic E-state index is 0.918. The van der Waals surface area contributed by atoms with Crippen LogP contribution in [0.3, 0.4) is 0 Å². The van der Waals surface area contributed by atoms with Crippen molar-refractivity contribution in [2.24, 2.45) is 0 Å². The van der Waals surface area contributed by atoms with Crippen molar-refractivity contribution in [3.63, 3.8) is 0 Å². The second-order valence-corrected chi connectivity index (χ2v) is 14.7. The molecule has 2 N–H and O–H groups in total. The van der Waals surface area contributed by atoms with Gasteiger partial charge in [0, 0.05) is 38.8 Å². The molecular formula is C47H44N4. The lowest BCUT2D eigenvalue weighted by Gasteiger charge is -2.14. The topological polar surface area (TPSA) is 57.4 Å². The summed E-state index contributed by atoms with van der Waals surface area (Å²) >= 11 is 0. The smallest absolute Gasteiger partial charge is 0.0738 e. The molecule has 8 bridgehead atoms. The van der Waals surface area contributed by atoms with Gasteiger partial charge in [0.15, 0.2) is 0 Å². The van der Waals surface area contributed by atoms with Crippen molar-refractivity contribution >= 4 is 46.4 Å². The van der Waals surface area contributed by atoms with E-state index in [-0.39, 0.29) is 0 Å². The van der Waals surface area contributed by atoms with Gasteiger partial charge in [-0.05, 0) is 167 Å². The van der Waals surface area contributed by atoms with Gasteiger partial charge in [0.1, 0.15) is 0 Å². The van der Waals surface area contributed by atoms with Gasteiger partial charge in [-0.1, -0.05) is 53.1 Å². The summed E-state index contributed by atoms with van der Waals surface area (Å²) < 4.78 is 0. The molecule has 0 saturated heterocycles. The van der Waals surface area contributed by atoms with Crippen molar-refractivity contribution < 1.29 is 0 Å². The Labute approximate surface area is 300 Å². The summed E-state index contributed by atoms with van der Waals surface area (Å²) in [6.07, 6.45) is 8.73. The number of H-pyrrole nitrogens is 2. The van der Waals surface area contributed by atoms with E-state index in [0.29, 0.717) is 0 Å². The average Bonchev–Trinajstić information content (AvgIpc) is 3.87. The zero-order valence-corrected chi connectivity index (χ0v) is 31.1. The molecule has 0 atom stereocenters. The van der Waals surface area contributed by atoms with E-state index < -0.39 is 0 Å². The fraction of sp³-hybridized carbons (Fsp3) is 0.191. The molecule has 2 aliphatic heterocycles. The molecule has 0 fully saturated rings. The summed E-state index contributed by atoms with van der Waals surface area (Å²) in [5.74, 6) is 0. The summed E-state index contributed by atoms with van der Waals surface area (Å²) in [5.41, 5.74) is 25.8. The van der Waals surface area contributed by atoms with Crippen molar-refractivity contribution in [3.05, 3.63) is 140 Å². The highest BCUT2D eigenvalue weighted by atomic mass is 14.8. The fourth-order valence-electron chi connectivity index (χ4n) is 8.64. The molecule has 8 rings (SSSR count). The van der Waals surface area contributed by atoms with Gasteiger partial charge in [0.2, 0.25) is 0 Å². The Morgan fingerprint density at radius 3 is 0.961 bits per heavy atom. The standard InChI is InChI=1S/C47H44N4/c1-25-18-28(4)42(29(5)19-25)45-36-12-10-34(48-36)24-35-11-13-37(49-35)46(43-30(6)20-26(2)21-31(43)7)39-15-17-41(51-39)47(40-16-14-38(45)50-40)44-32(8)22-27(3)23-33(44)9/h10-24,48-49H,1-9H3. The summed E-state index contributed by atoms with van der Waals surface area (Å²) in [4.78, 5) is 18.5. The predicted molar refractivity (Wildman–Crippen MR) is 218 cm³/mol. The maximum absolute atomic E-state index is 5.50. The van der Waals surface area contributed by atoms with Gasteiger partial charge in [-0.3, -0.25) is 0 Å². The Morgan fingerprint density at radius 2 is 0.627 bits per heavy atom. The van der Waals surface area contributed by atoms with Gasteiger partial charge >= 0.3 is 0 Å². The second kappa shape index (κ2) is 12.2. The highest BCUT2D eigenvalue weighted by Gasteiger charge is 2.22. The molecule has 0 aliphatic carbocycles. The third kappa shape index (κ3) is 5.65. The highest BCUT2D eigenvalue weighted by molar-refractivity contribution is 5.98. The van der Waals surface area contributed by atoms with Crippen molar-refractivity contribution in [1.82, 2.24) is 19.9 Å². The van der Waals surface area contributed by atoms with Crippen LogP contribution in [0.15, 0.2) is 66.7 Å². The van der Waals surface area contributed by atoms with Crippen LogP contribution in [0.1, 0.15) is 72.8 Å². The van der Waals surface area contributed by atoms with E-state index in [4.69, 9.17) is 9.97 Å². The first-order valence-electron chi connectivity index (χ1n) is 17.8. The van der Waals surface area contributed by atoms with E-state index in [1.54, 1.807) is 0 Å². The van der Waals surface area contributed by atoms with E-state index in [1.807, 2.05) is 0 Å². The van der Waals surface area contributed by atoms with Gasteiger partial charge in [-0.2, -0.15) is 0 Å². The summed E-state index contributed by atoms with van der Waals surface area (Å²) in [7, 11) is 0. The van der Waals surface area contributed by atoms with Crippen molar-refractivity contribution in [3.8, 4) is 33.4 Å². The Kier molecular flexibility index (Phi) is 7.79. The fourth-order valence-corrected chi connectivity index (χ4v) is 8.64. The van der Waals surface area contributed by atoms with Gasteiger partial charge < -0.3 is 9.97 Å². The highest BCUT2D eigenvalue weighted by Crippen LogP contribution is 2.41. The van der Waals surface area contributed by atoms with Crippen LogP contribution in [0, 0.1) is 62.3 Å². The van der Waals surface area contributed by atoms with Crippen LogP contribution in [0.25, 0.3) is 79.8 Å². The molecule has 51 heavy (non-hydrogen) atoms. The largest absolute Gasteiger partial charge is 0.355 e. The molecule has 0 spiro atoms. The molecule has 5 heterocycles. The molecular weight excluding hydrogens is 621 g/mol. The Hall–Kier alpha value is -5.74. The number of aromatic amines is 2. The number of nitrogens with one attached hydrogen (secondary N) is 2. The van der Waals surface area contributed by atoms with Crippen molar-refractivity contribution in [2.75, 3.05) is 0 Å². The minimum absolute atomic E-state index is 0.918. The molecule has 0 amide bonds. The Bertz CT molecular complexity index is 2450. The van der Waals surface area contributed by atoms with Gasteiger partial charge in [0.25, 0.3) is 0 Å². The maximum atomic E-state index is 5.50. The molecule has 6 aromatic rings. The van der Waals surface area contributed by atoms with Gasteiger partial charge in [0.05, 0.1) is 22.8 Å². The number of fused-ring (bicyclic) bond motifs is 8. The molecule has 252 valence electrons. The van der Waals surface area contributed by atoms with Crippen molar-refractivity contribution in [2.45, 2.75) is 62.3 Å². The van der Waals surface area contributed by atoms with Crippen LogP contribution in [0.5, 0.6) is 0 Å². The number of hydrogen-bond acceptors (Lipinski definition) is 2. The molecule has 4 heteroatoms. The predicted octanol–water partition coefficient (Wildman–Crippen LogP) is 12.4. The van der Waals surface area contributed by atoms with E-state index in [9.17, 15) is 0 Å². The average molecular weight is 665 g/mol. The normalized spacial score (nSPS) is 12.3. The number of benzene rings is 3. The third-order valence-electron chi connectivity index (χ3n) is 10.4. The van der Waals surface area contributed by atoms with Crippen LogP contribution in [0.2, 0.25) is 0 Å². The number of aryl methyl sites for hydroxylation is 9. The van der Waals surface area contributed by atoms with Crippen LogP contribution in [-0.2, 0) is 0 Å². The Morgan fingerprint density at radius 1 is 0.333 bits per heavy atom. The monoisotopic (exact) mass is 664 g/mol. The summed E-state index contributed by atoms with van der Waals surface area (Å²) in [5, 5.41) is 0. The van der Waals surface area contributed by atoms with Crippen LogP contribution < -0.4 is 0 Å². The second-order valence-electron chi connectivity index (χ2n) is 14.7. The minimum Gasteiger partial charge on any atom is -0.355 e. The molecule has 3 aromatic carbocycles. The Balaban J connectivity index is 1.58. The molecule has 2 aliphatic rings. The zero-order chi connectivity index (χ0) is 35.7. The number of aromatic nitrogens is 4. The first-order chi connectivity index (χ1) is 24.4. The molecule has 3 aromatic heterocycles. The van der Waals surface area contributed by atoms with E-state index in [1.165, 1.54) is 66.8 Å². The molecule has 0 radical (unpaired) electrons. The molecule has 4 nitrogen and oxygen atoms in total. The first-order valence-corrected chi connectivity index (χ1v) is 17.8. The molecule has 0 saturated carbocycles. The van der Waals surface area contributed by atoms with Gasteiger partial charge in [-0.25, -0.2) is 9.97 Å². The molecule has 0 unspecified atom stereocenters.